The van der Waals surface area contributed by atoms with Crippen LogP contribution < -0.4 is 5.32 Å². The Kier molecular flexibility index (Phi) is 4.87. The molecule has 0 saturated heterocycles. The smallest absolute Gasteiger partial charge is 0.258 e. The molecule has 8 heteroatoms. The van der Waals surface area contributed by atoms with Gasteiger partial charge in [0.05, 0.1) is 23.0 Å². The average Bonchev–Trinajstić information content (AvgIpc) is 3.35. The van der Waals surface area contributed by atoms with Crippen LogP contribution in [0.5, 0.6) is 0 Å². The summed E-state index contributed by atoms with van der Waals surface area (Å²) in [5, 5.41) is 10.1. The van der Waals surface area contributed by atoms with Crippen molar-refractivity contribution in [1.29, 1.82) is 0 Å². The molecule has 0 aliphatic heterocycles. The van der Waals surface area contributed by atoms with Gasteiger partial charge in [0, 0.05) is 28.4 Å². The van der Waals surface area contributed by atoms with Crippen molar-refractivity contribution in [1.82, 2.24) is 20.2 Å². The van der Waals surface area contributed by atoms with Crippen molar-refractivity contribution in [3.8, 4) is 22.4 Å². The number of H-pyrrole nitrogens is 1. The van der Waals surface area contributed by atoms with E-state index in [0.717, 1.165) is 16.5 Å². The van der Waals surface area contributed by atoms with Crippen molar-refractivity contribution < 1.29 is 13.6 Å². The second kappa shape index (κ2) is 7.99. The monoisotopic (exact) mass is 427 g/mol. The molecule has 5 aromatic rings. The summed E-state index contributed by atoms with van der Waals surface area (Å²) >= 11 is 0. The molecule has 2 heterocycles. The summed E-state index contributed by atoms with van der Waals surface area (Å²) in [5.74, 6) is -1.75. The first-order chi connectivity index (χ1) is 15.6. The zero-order valence-electron chi connectivity index (χ0n) is 16.5. The number of aromatic nitrogens is 4. The van der Waals surface area contributed by atoms with Gasteiger partial charge in [-0.2, -0.15) is 5.10 Å². The minimum absolute atomic E-state index is 0.129. The van der Waals surface area contributed by atoms with Gasteiger partial charge in [-0.1, -0.05) is 12.1 Å². The Bertz CT molecular complexity index is 1430. The number of amides is 1. The third-order valence-corrected chi connectivity index (χ3v) is 5.06. The van der Waals surface area contributed by atoms with Gasteiger partial charge in [0.15, 0.2) is 0 Å². The van der Waals surface area contributed by atoms with Crippen LogP contribution in [0.1, 0.15) is 10.4 Å². The molecule has 0 atom stereocenters. The van der Waals surface area contributed by atoms with Gasteiger partial charge in [-0.15, -0.1) is 0 Å². The molecule has 2 aromatic heterocycles. The molecule has 32 heavy (non-hydrogen) atoms. The van der Waals surface area contributed by atoms with Crippen molar-refractivity contribution in [2.24, 2.45) is 0 Å². The van der Waals surface area contributed by atoms with Crippen LogP contribution in [0.2, 0.25) is 0 Å². The minimum Gasteiger partial charge on any atom is -0.322 e. The second-order valence-corrected chi connectivity index (χ2v) is 7.10. The normalized spacial score (nSPS) is 10.9. The predicted octanol–water partition coefficient (Wildman–Crippen LogP) is 5.22. The Balaban J connectivity index is 1.50. The van der Waals surface area contributed by atoms with Crippen molar-refractivity contribution >= 4 is 22.5 Å². The van der Waals surface area contributed by atoms with E-state index in [-0.39, 0.29) is 5.56 Å². The number of halogens is 2. The zero-order chi connectivity index (χ0) is 22.1. The Morgan fingerprint density at radius 3 is 2.44 bits per heavy atom. The van der Waals surface area contributed by atoms with Gasteiger partial charge in [0.1, 0.15) is 18.0 Å². The third-order valence-electron chi connectivity index (χ3n) is 5.06. The van der Waals surface area contributed by atoms with Crippen LogP contribution in [0.3, 0.4) is 0 Å². The largest absolute Gasteiger partial charge is 0.322 e. The van der Waals surface area contributed by atoms with Gasteiger partial charge in [0.2, 0.25) is 0 Å². The number of carbonyl (C=O) groups excluding carboxylic acids is 1. The third kappa shape index (κ3) is 3.69. The van der Waals surface area contributed by atoms with E-state index in [4.69, 9.17) is 0 Å². The minimum atomic E-state index is -0.695. The number of hydrogen-bond acceptors (Lipinski definition) is 4. The molecule has 0 aliphatic rings. The molecule has 0 fully saturated rings. The zero-order valence-corrected chi connectivity index (χ0v) is 16.5. The number of hydrogen-bond donors (Lipinski definition) is 2. The maximum absolute atomic E-state index is 14.9. The lowest BCUT2D eigenvalue weighted by molar-refractivity contribution is 0.102. The van der Waals surface area contributed by atoms with E-state index in [2.05, 4.69) is 25.5 Å². The highest BCUT2D eigenvalue weighted by Gasteiger charge is 2.15. The van der Waals surface area contributed by atoms with Gasteiger partial charge in [0.25, 0.3) is 5.91 Å². The lowest BCUT2D eigenvalue weighted by Crippen LogP contribution is -2.13. The molecule has 0 radical (unpaired) electrons. The Hall–Kier alpha value is -4.46. The van der Waals surface area contributed by atoms with Crippen molar-refractivity contribution in [2.45, 2.75) is 0 Å². The van der Waals surface area contributed by atoms with Crippen LogP contribution in [0.25, 0.3) is 33.3 Å². The summed E-state index contributed by atoms with van der Waals surface area (Å²) in [4.78, 5) is 21.1. The molecular formula is C24H15F2N5O. The quantitative estimate of drug-likeness (QED) is 0.412. The van der Waals surface area contributed by atoms with E-state index in [1.807, 2.05) is 18.2 Å². The fourth-order valence-electron chi connectivity index (χ4n) is 3.45. The summed E-state index contributed by atoms with van der Waals surface area (Å²) in [5.41, 5.74) is 3.82. The number of carbonyl (C=O) groups is 1. The topological polar surface area (TPSA) is 83.6 Å². The van der Waals surface area contributed by atoms with Gasteiger partial charge >= 0.3 is 0 Å². The van der Waals surface area contributed by atoms with E-state index in [1.54, 1.807) is 18.5 Å². The van der Waals surface area contributed by atoms with Crippen LogP contribution >= 0.6 is 0 Å². The fraction of sp³-hybridized carbons (Fsp3) is 0. The Morgan fingerprint density at radius 1 is 0.875 bits per heavy atom. The molecule has 156 valence electrons. The molecule has 6 nitrogen and oxygen atoms in total. The first-order valence-electron chi connectivity index (χ1n) is 9.69. The molecule has 0 bridgehead atoms. The van der Waals surface area contributed by atoms with Crippen LogP contribution in [0, 0.1) is 11.6 Å². The van der Waals surface area contributed by atoms with Gasteiger partial charge in [-0.25, -0.2) is 18.7 Å². The van der Waals surface area contributed by atoms with Crippen LogP contribution in [0.15, 0.2) is 79.4 Å². The molecular weight excluding hydrogens is 412 g/mol. The van der Waals surface area contributed by atoms with E-state index < -0.39 is 17.5 Å². The summed E-state index contributed by atoms with van der Waals surface area (Å²) in [7, 11) is 0. The van der Waals surface area contributed by atoms with E-state index in [0.29, 0.717) is 22.5 Å². The fourth-order valence-corrected chi connectivity index (χ4v) is 3.45. The number of nitrogens with one attached hydrogen (secondary N) is 2. The second-order valence-electron chi connectivity index (χ2n) is 7.10. The standard InChI is InChI=1S/C24H15F2N5O/c25-17-3-5-18(6-4-17)31-24(32)19-7-1-15(10-21(19)26)23-20-9-14(16-11-29-30-12-16)2-8-22(20)27-13-28-23/h1-13H,(H,29,30)(H,31,32). The lowest BCUT2D eigenvalue weighted by Gasteiger charge is -2.10. The SMILES string of the molecule is O=C(Nc1ccc(F)cc1)c1ccc(-c2ncnc3ccc(-c4cn[nH]c4)cc23)cc1F. The number of aromatic amines is 1. The maximum Gasteiger partial charge on any atom is 0.258 e. The van der Waals surface area contributed by atoms with Gasteiger partial charge < -0.3 is 5.32 Å². The van der Waals surface area contributed by atoms with E-state index in [1.165, 1.54) is 42.7 Å². The van der Waals surface area contributed by atoms with Crippen molar-refractivity contribution in [3.63, 3.8) is 0 Å². The maximum atomic E-state index is 14.9. The number of nitrogens with zero attached hydrogens (tertiary/aromatic N) is 3. The van der Waals surface area contributed by atoms with Gasteiger partial charge in [-0.3, -0.25) is 9.89 Å². The highest BCUT2D eigenvalue weighted by Crippen LogP contribution is 2.30. The molecule has 1 amide bonds. The highest BCUT2D eigenvalue weighted by atomic mass is 19.1. The average molecular weight is 427 g/mol. The summed E-state index contributed by atoms with van der Waals surface area (Å²) in [6.45, 7) is 0. The van der Waals surface area contributed by atoms with E-state index >= 15 is 0 Å². The number of rotatable bonds is 4. The Labute approximate surface area is 181 Å². The first-order valence-corrected chi connectivity index (χ1v) is 9.69. The molecule has 0 saturated carbocycles. The number of benzene rings is 3. The molecule has 2 N–H and O–H groups in total. The lowest BCUT2D eigenvalue weighted by atomic mass is 10.0. The van der Waals surface area contributed by atoms with Gasteiger partial charge in [-0.05, 0) is 54.1 Å². The van der Waals surface area contributed by atoms with Crippen LogP contribution in [0.4, 0.5) is 14.5 Å². The summed E-state index contributed by atoms with van der Waals surface area (Å²) in [6.07, 6.45) is 4.90. The summed E-state index contributed by atoms with van der Waals surface area (Å²) < 4.78 is 27.9. The van der Waals surface area contributed by atoms with Crippen LogP contribution in [-0.2, 0) is 0 Å². The van der Waals surface area contributed by atoms with E-state index in [9.17, 15) is 13.6 Å². The molecule has 0 unspecified atom stereocenters. The van der Waals surface area contributed by atoms with Crippen LogP contribution in [-0.4, -0.2) is 26.1 Å². The number of anilines is 1. The summed E-state index contributed by atoms with van der Waals surface area (Å²) in [6, 6.07) is 15.3. The number of fused-ring (bicyclic) bond motifs is 1. The first kappa shape index (κ1) is 19.5. The van der Waals surface area contributed by atoms with Crippen molar-refractivity contribution in [2.75, 3.05) is 5.32 Å². The predicted molar refractivity (Wildman–Crippen MR) is 117 cm³/mol. The highest BCUT2D eigenvalue weighted by molar-refractivity contribution is 6.05. The molecule has 0 spiro atoms. The Morgan fingerprint density at radius 2 is 1.69 bits per heavy atom. The molecule has 0 aliphatic carbocycles. The molecule has 3 aromatic carbocycles. The molecule has 5 rings (SSSR count). The van der Waals surface area contributed by atoms with Crippen molar-refractivity contribution in [3.05, 3.63) is 96.6 Å².